The maximum atomic E-state index is 12.0. The Morgan fingerprint density at radius 2 is 1.81 bits per heavy atom. The molecule has 0 saturated carbocycles. The number of aliphatic carboxylic acids is 1. The summed E-state index contributed by atoms with van der Waals surface area (Å²) in [7, 11) is -2.60. The highest BCUT2D eigenvalue weighted by Gasteiger charge is 2.25. The van der Waals surface area contributed by atoms with Crippen molar-refractivity contribution in [3.05, 3.63) is 29.8 Å². The summed E-state index contributed by atoms with van der Waals surface area (Å²) in [4.78, 5) is 22.1. The van der Waals surface area contributed by atoms with Gasteiger partial charge in [0.2, 0.25) is 10.0 Å². The molecular weight excluding hydrogens is 300 g/mol. The van der Waals surface area contributed by atoms with Crippen molar-refractivity contribution in [2.45, 2.75) is 17.4 Å². The number of aliphatic hydroxyl groups excluding tert-OH is 1. The number of sulfonamides is 1. The minimum absolute atomic E-state index is 0.167. The monoisotopic (exact) mass is 316 g/mol. The predicted octanol–water partition coefficient (Wildman–Crippen LogP) is -0.840. The first kappa shape index (κ1) is 17.1. The standard InChI is InChI=1S/C12H16N2O6S/c1-13-11(16)8-2-4-9(5-3-8)21(19,20)14-10(6-7-15)12(17)18/h2-5,10,14-15H,6-7H2,1H3,(H,13,16)(H,17,18). The van der Waals surface area contributed by atoms with Gasteiger partial charge in [-0.2, -0.15) is 4.72 Å². The number of nitrogens with one attached hydrogen (secondary N) is 2. The summed E-state index contributed by atoms with van der Waals surface area (Å²) in [6.45, 7) is -0.463. The third-order valence-corrected chi connectivity index (χ3v) is 4.15. The average Bonchev–Trinajstić information content (AvgIpc) is 2.45. The smallest absolute Gasteiger partial charge is 0.321 e. The van der Waals surface area contributed by atoms with E-state index < -0.39 is 28.6 Å². The lowest BCUT2D eigenvalue weighted by molar-refractivity contribution is -0.139. The zero-order valence-corrected chi connectivity index (χ0v) is 12.1. The number of benzene rings is 1. The lowest BCUT2D eigenvalue weighted by atomic mass is 10.2. The van der Waals surface area contributed by atoms with Gasteiger partial charge in [0.1, 0.15) is 6.04 Å². The van der Waals surface area contributed by atoms with Gasteiger partial charge >= 0.3 is 5.97 Å². The Balaban J connectivity index is 2.97. The molecule has 0 aliphatic rings. The molecule has 0 spiro atoms. The van der Waals surface area contributed by atoms with Crippen LogP contribution < -0.4 is 10.0 Å². The summed E-state index contributed by atoms with van der Waals surface area (Å²) >= 11 is 0. The maximum Gasteiger partial charge on any atom is 0.321 e. The summed E-state index contributed by atoms with van der Waals surface area (Å²) in [6.07, 6.45) is -0.245. The van der Waals surface area contributed by atoms with Crippen molar-refractivity contribution in [1.82, 2.24) is 10.0 Å². The SMILES string of the molecule is CNC(=O)c1ccc(S(=O)(=O)NC(CCO)C(=O)O)cc1. The molecule has 1 amide bonds. The molecule has 1 rings (SSSR count). The number of amides is 1. The van der Waals surface area contributed by atoms with E-state index in [-0.39, 0.29) is 22.8 Å². The Bertz CT molecular complexity index is 611. The van der Waals surface area contributed by atoms with E-state index in [0.29, 0.717) is 0 Å². The first-order valence-corrected chi connectivity index (χ1v) is 7.48. The van der Waals surface area contributed by atoms with Crippen molar-refractivity contribution in [3.63, 3.8) is 0 Å². The molecule has 0 aliphatic heterocycles. The Morgan fingerprint density at radius 1 is 1.24 bits per heavy atom. The maximum absolute atomic E-state index is 12.0. The number of hydrogen-bond donors (Lipinski definition) is 4. The van der Waals surface area contributed by atoms with Crippen molar-refractivity contribution in [2.24, 2.45) is 0 Å². The van der Waals surface area contributed by atoms with Crippen molar-refractivity contribution >= 4 is 21.9 Å². The minimum Gasteiger partial charge on any atom is -0.480 e. The van der Waals surface area contributed by atoms with Crippen LogP contribution in [-0.4, -0.2) is 50.2 Å². The molecule has 0 fully saturated rings. The van der Waals surface area contributed by atoms with E-state index in [1.807, 2.05) is 4.72 Å². The normalized spacial score (nSPS) is 12.7. The average molecular weight is 316 g/mol. The van der Waals surface area contributed by atoms with Crippen LogP contribution in [0.25, 0.3) is 0 Å². The second-order valence-corrected chi connectivity index (χ2v) is 5.84. The molecule has 116 valence electrons. The van der Waals surface area contributed by atoms with Crippen LogP contribution in [0.1, 0.15) is 16.8 Å². The van der Waals surface area contributed by atoms with Crippen LogP contribution in [0.15, 0.2) is 29.2 Å². The number of carboxylic acid groups (broad SMARTS) is 1. The fourth-order valence-electron chi connectivity index (χ4n) is 1.55. The van der Waals surface area contributed by atoms with Crippen LogP contribution in [0.5, 0.6) is 0 Å². The number of hydrogen-bond acceptors (Lipinski definition) is 5. The van der Waals surface area contributed by atoms with Gasteiger partial charge in [0.05, 0.1) is 4.90 Å². The van der Waals surface area contributed by atoms with E-state index in [1.54, 1.807) is 0 Å². The van der Waals surface area contributed by atoms with Crippen LogP contribution >= 0.6 is 0 Å². The van der Waals surface area contributed by atoms with Crippen molar-refractivity contribution in [1.29, 1.82) is 0 Å². The van der Waals surface area contributed by atoms with Crippen LogP contribution in [0.3, 0.4) is 0 Å². The van der Waals surface area contributed by atoms with Gasteiger partial charge in [0, 0.05) is 19.2 Å². The topological polar surface area (TPSA) is 133 Å². The molecule has 1 aromatic carbocycles. The fourth-order valence-corrected chi connectivity index (χ4v) is 2.77. The van der Waals surface area contributed by atoms with E-state index in [2.05, 4.69) is 5.32 Å². The summed E-state index contributed by atoms with van der Waals surface area (Å²) < 4.78 is 26.0. The molecule has 1 unspecified atom stereocenters. The molecule has 0 heterocycles. The van der Waals surface area contributed by atoms with E-state index >= 15 is 0 Å². The van der Waals surface area contributed by atoms with Crippen LogP contribution in [0.4, 0.5) is 0 Å². The number of carbonyl (C=O) groups is 2. The zero-order chi connectivity index (χ0) is 16.0. The van der Waals surface area contributed by atoms with E-state index in [1.165, 1.54) is 31.3 Å². The lowest BCUT2D eigenvalue weighted by Crippen LogP contribution is -2.41. The number of carboxylic acids is 1. The van der Waals surface area contributed by atoms with Crippen molar-refractivity contribution < 1.29 is 28.2 Å². The van der Waals surface area contributed by atoms with Crippen molar-refractivity contribution in [2.75, 3.05) is 13.7 Å². The molecule has 4 N–H and O–H groups in total. The van der Waals surface area contributed by atoms with Crippen LogP contribution in [-0.2, 0) is 14.8 Å². The summed E-state index contributed by atoms with van der Waals surface area (Å²) in [5.41, 5.74) is 0.279. The lowest BCUT2D eigenvalue weighted by Gasteiger charge is -2.13. The van der Waals surface area contributed by atoms with Gasteiger partial charge in [-0.3, -0.25) is 9.59 Å². The molecular formula is C12H16N2O6S. The highest BCUT2D eigenvalue weighted by Crippen LogP contribution is 2.12. The highest BCUT2D eigenvalue weighted by atomic mass is 32.2. The summed E-state index contributed by atoms with van der Waals surface area (Å²) in [6, 6.07) is 3.61. The van der Waals surface area contributed by atoms with Crippen LogP contribution in [0.2, 0.25) is 0 Å². The quantitative estimate of drug-likeness (QED) is 0.518. The third-order valence-electron chi connectivity index (χ3n) is 2.67. The second-order valence-electron chi connectivity index (χ2n) is 4.13. The molecule has 0 saturated heterocycles. The molecule has 21 heavy (non-hydrogen) atoms. The summed E-state index contributed by atoms with van der Waals surface area (Å²) in [5, 5.41) is 20.0. The minimum atomic E-state index is -4.05. The van der Waals surface area contributed by atoms with Gasteiger partial charge < -0.3 is 15.5 Å². The second kappa shape index (κ2) is 7.16. The molecule has 0 aliphatic carbocycles. The van der Waals surface area contributed by atoms with E-state index in [9.17, 15) is 18.0 Å². The largest absolute Gasteiger partial charge is 0.480 e. The predicted molar refractivity (Wildman–Crippen MR) is 73.3 cm³/mol. The molecule has 0 radical (unpaired) electrons. The third kappa shape index (κ3) is 4.52. The first-order chi connectivity index (χ1) is 9.81. The molecule has 9 heteroatoms. The Kier molecular flexibility index (Phi) is 5.82. The molecule has 0 bridgehead atoms. The van der Waals surface area contributed by atoms with Gasteiger partial charge in [0.15, 0.2) is 0 Å². The Hall–Kier alpha value is -1.97. The van der Waals surface area contributed by atoms with Crippen molar-refractivity contribution in [3.8, 4) is 0 Å². The summed E-state index contributed by atoms with van der Waals surface area (Å²) in [5.74, 6) is -1.75. The number of rotatable bonds is 7. The van der Waals surface area contributed by atoms with Gasteiger partial charge in [-0.15, -0.1) is 0 Å². The van der Waals surface area contributed by atoms with E-state index in [0.717, 1.165) is 0 Å². The van der Waals surface area contributed by atoms with Gasteiger partial charge in [0.25, 0.3) is 5.91 Å². The van der Waals surface area contributed by atoms with Crippen LogP contribution in [0, 0.1) is 0 Å². The number of carbonyl (C=O) groups excluding carboxylic acids is 1. The van der Waals surface area contributed by atoms with Gasteiger partial charge in [-0.25, -0.2) is 8.42 Å². The Morgan fingerprint density at radius 3 is 2.24 bits per heavy atom. The van der Waals surface area contributed by atoms with E-state index in [4.69, 9.17) is 10.2 Å². The number of aliphatic hydroxyl groups is 1. The molecule has 1 aromatic rings. The fraction of sp³-hybridized carbons (Fsp3) is 0.333. The highest BCUT2D eigenvalue weighted by molar-refractivity contribution is 7.89. The Labute approximate surface area is 121 Å². The first-order valence-electron chi connectivity index (χ1n) is 6.00. The van der Waals surface area contributed by atoms with Gasteiger partial charge in [-0.05, 0) is 30.7 Å². The molecule has 8 nitrogen and oxygen atoms in total. The molecule has 0 aromatic heterocycles. The zero-order valence-electron chi connectivity index (χ0n) is 11.2. The molecule has 1 atom stereocenters. The van der Waals surface area contributed by atoms with Gasteiger partial charge in [-0.1, -0.05) is 0 Å².